The molecular formula is C31H48N2O4. The van der Waals surface area contributed by atoms with Gasteiger partial charge in [0.15, 0.2) is 0 Å². The third-order valence-electron chi connectivity index (χ3n) is 7.44. The van der Waals surface area contributed by atoms with Crippen molar-refractivity contribution in [1.29, 1.82) is 0 Å². The van der Waals surface area contributed by atoms with Gasteiger partial charge in [0.1, 0.15) is 6.04 Å². The zero-order chi connectivity index (χ0) is 28.7. The minimum atomic E-state index is -0.987. The molecule has 0 saturated heterocycles. The number of nitrogens with zero attached hydrogens (tertiary/aromatic N) is 1. The lowest BCUT2D eigenvalue weighted by Gasteiger charge is -2.41. The molecule has 0 spiro atoms. The summed E-state index contributed by atoms with van der Waals surface area (Å²) in [6.45, 7) is 21.2. The fourth-order valence-electron chi connectivity index (χ4n) is 5.11. The van der Waals surface area contributed by atoms with E-state index in [0.29, 0.717) is 18.4 Å². The van der Waals surface area contributed by atoms with Crippen LogP contribution in [0.1, 0.15) is 80.7 Å². The Kier molecular flexibility index (Phi) is 11.4. The van der Waals surface area contributed by atoms with Gasteiger partial charge in [-0.05, 0) is 42.2 Å². The van der Waals surface area contributed by atoms with Gasteiger partial charge in [-0.3, -0.25) is 9.59 Å². The molecule has 0 bridgehead atoms. The van der Waals surface area contributed by atoms with E-state index < -0.39 is 34.8 Å². The highest BCUT2D eigenvalue weighted by Crippen LogP contribution is 2.35. The minimum absolute atomic E-state index is 0.0138. The van der Waals surface area contributed by atoms with Crippen LogP contribution in [0.25, 0.3) is 0 Å². The number of aliphatic carboxylic acids is 1. The van der Waals surface area contributed by atoms with Gasteiger partial charge in [-0.15, -0.1) is 6.58 Å². The number of hydrogen-bond donors (Lipinski definition) is 2. The molecule has 206 valence electrons. The first-order valence-electron chi connectivity index (χ1n) is 13.2. The molecule has 2 amide bonds. The summed E-state index contributed by atoms with van der Waals surface area (Å²) in [5.41, 5.74) is 0.943. The molecule has 3 atom stereocenters. The normalized spacial score (nSPS) is 15.3. The van der Waals surface area contributed by atoms with E-state index in [1.54, 1.807) is 24.9 Å². The number of benzene rings is 1. The topological polar surface area (TPSA) is 86.7 Å². The van der Waals surface area contributed by atoms with E-state index in [-0.39, 0.29) is 23.3 Å². The van der Waals surface area contributed by atoms with Crippen LogP contribution in [0.15, 0.2) is 54.1 Å². The van der Waals surface area contributed by atoms with E-state index >= 15 is 0 Å². The van der Waals surface area contributed by atoms with Gasteiger partial charge in [0.25, 0.3) is 0 Å². The first-order valence-corrected chi connectivity index (χ1v) is 13.2. The predicted octanol–water partition coefficient (Wildman–Crippen LogP) is 5.98. The maximum Gasteiger partial charge on any atom is 0.331 e. The Morgan fingerprint density at radius 2 is 1.62 bits per heavy atom. The number of likely N-dealkylation sites (N-methyl/N-ethyl adjacent to an activating group) is 1. The van der Waals surface area contributed by atoms with Gasteiger partial charge in [-0.1, -0.05) is 91.8 Å². The third-order valence-corrected chi connectivity index (χ3v) is 7.44. The van der Waals surface area contributed by atoms with Crippen molar-refractivity contribution in [3.05, 3.63) is 59.7 Å². The van der Waals surface area contributed by atoms with Crippen molar-refractivity contribution in [2.75, 3.05) is 7.05 Å². The predicted molar refractivity (Wildman–Crippen MR) is 151 cm³/mol. The smallest absolute Gasteiger partial charge is 0.331 e. The highest BCUT2D eigenvalue weighted by molar-refractivity contribution is 5.91. The molecule has 2 N–H and O–H groups in total. The van der Waals surface area contributed by atoms with Crippen LogP contribution in [0.4, 0.5) is 0 Å². The molecular weight excluding hydrogens is 464 g/mol. The van der Waals surface area contributed by atoms with Crippen LogP contribution < -0.4 is 5.32 Å². The van der Waals surface area contributed by atoms with Crippen molar-refractivity contribution in [2.45, 2.75) is 92.7 Å². The first kappa shape index (κ1) is 32.1. The van der Waals surface area contributed by atoms with Crippen LogP contribution in [-0.4, -0.2) is 46.9 Å². The number of carboxylic acid groups (broad SMARTS) is 1. The molecule has 6 nitrogen and oxygen atoms in total. The second-order valence-corrected chi connectivity index (χ2v) is 11.9. The Morgan fingerprint density at radius 3 is 2.03 bits per heavy atom. The molecule has 0 aliphatic heterocycles. The highest BCUT2D eigenvalue weighted by Gasteiger charge is 2.42. The zero-order valence-corrected chi connectivity index (χ0v) is 24.5. The van der Waals surface area contributed by atoms with Crippen LogP contribution in [0.2, 0.25) is 0 Å². The molecule has 0 radical (unpaired) electrons. The summed E-state index contributed by atoms with van der Waals surface area (Å²) < 4.78 is 0. The van der Waals surface area contributed by atoms with E-state index in [0.717, 1.165) is 5.56 Å². The summed E-state index contributed by atoms with van der Waals surface area (Å²) in [6, 6.07) is 8.69. The maximum absolute atomic E-state index is 14.0. The first-order chi connectivity index (χ1) is 17.0. The summed E-state index contributed by atoms with van der Waals surface area (Å²) in [7, 11) is 1.71. The number of carbonyl (C=O) groups is 3. The van der Waals surface area contributed by atoms with E-state index in [2.05, 4.69) is 11.9 Å². The van der Waals surface area contributed by atoms with E-state index in [9.17, 15) is 19.5 Å². The van der Waals surface area contributed by atoms with Crippen molar-refractivity contribution in [2.24, 2.45) is 17.3 Å². The van der Waals surface area contributed by atoms with Crippen LogP contribution in [0, 0.1) is 17.3 Å². The Bertz CT molecular complexity index is 986. The summed E-state index contributed by atoms with van der Waals surface area (Å²) in [4.78, 5) is 41.2. The van der Waals surface area contributed by atoms with Gasteiger partial charge >= 0.3 is 5.97 Å². The van der Waals surface area contributed by atoms with Gasteiger partial charge in [0, 0.05) is 18.0 Å². The molecule has 0 aromatic heterocycles. The zero-order valence-electron chi connectivity index (χ0n) is 24.5. The highest BCUT2D eigenvalue weighted by atomic mass is 16.4. The lowest BCUT2D eigenvalue weighted by Crippen LogP contribution is -2.58. The Hall–Kier alpha value is -2.89. The lowest BCUT2D eigenvalue weighted by molar-refractivity contribution is -0.142. The number of carbonyl (C=O) groups excluding carboxylic acids is 2. The molecule has 0 saturated carbocycles. The number of carboxylic acids is 1. The summed E-state index contributed by atoms with van der Waals surface area (Å²) in [5.74, 6) is -1.88. The summed E-state index contributed by atoms with van der Waals surface area (Å²) in [5, 5.41) is 12.7. The number of amides is 2. The van der Waals surface area contributed by atoms with Crippen molar-refractivity contribution in [3.8, 4) is 0 Å². The van der Waals surface area contributed by atoms with Gasteiger partial charge in [0.05, 0.1) is 12.0 Å². The SMILES string of the molecule is C=CCC(C(=O)N[C@H](C(=O)N(C)[C@H](C(CC)=C(C)C(=O)O)C(C)C)C(C)(C)C)C(C)(C)c1ccccc1. The Labute approximate surface area is 224 Å². The van der Waals surface area contributed by atoms with Gasteiger partial charge in [0.2, 0.25) is 11.8 Å². The third kappa shape index (κ3) is 7.80. The monoisotopic (exact) mass is 512 g/mol. The van der Waals surface area contributed by atoms with Crippen LogP contribution >= 0.6 is 0 Å². The second-order valence-electron chi connectivity index (χ2n) is 11.9. The molecule has 1 aromatic rings. The van der Waals surface area contributed by atoms with Crippen LogP contribution in [-0.2, 0) is 19.8 Å². The standard InChI is InChI=1S/C31H48N2O4/c1-12-17-24(31(9,10)22-18-15-14-16-19-22)27(34)32-26(30(6,7)8)28(35)33(11)25(20(3)4)23(13-2)21(5)29(36)37/h12,14-16,18-20,24-26H,1,13,17H2,2-11H3,(H,32,34)(H,36,37)/t24?,25-,26+/m0/s1. The second kappa shape index (κ2) is 13.1. The summed E-state index contributed by atoms with van der Waals surface area (Å²) in [6.07, 6.45) is 2.72. The van der Waals surface area contributed by atoms with Crippen molar-refractivity contribution < 1.29 is 19.5 Å². The molecule has 6 heteroatoms. The van der Waals surface area contributed by atoms with Crippen molar-refractivity contribution in [3.63, 3.8) is 0 Å². The van der Waals surface area contributed by atoms with Crippen molar-refractivity contribution in [1.82, 2.24) is 10.2 Å². The molecule has 1 unspecified atom stereocenters. The van der Waals surface area contributed by atoms with Gasteiger partial charge < -0.3 is 15.3 Å². The maximum atomic E-state index is 14.0. The fourth-order valence-corrected chi connectivity index (χ4v) is 5.11. The molecule has 0 fully saturated rings. The number of hydrogen-bond acceptors (Lipinski definition) is 3. The molecule has 1 rings (SSSR count). The van der Waals surface area contributed by atoms with Gasteiger partial charge in [-0.25, -0.2) is 4.79 Å². The van der Waals surface area contributed by atoms with Crippen LogP contribution in [0.3, 0.4) is 0 Å². The summed E-state index contributed by atoms with van der Waals surface area (Å²) >= 11 is 0. The number of rotatable bonds is 12. The molecule has 1 aromatic carbocycles. The lowest BCUT2D eigenvalue weighted by atomic mass is 9.71. The number of nitrogens with one attached hydrogen (secondary N) is 1. The van der Waals surface area contributed by atoms with E-state index in [4.69, 9.17) is 0 Å². The van der Waals surface area contributed by atoms with E-state index in [1.807, 2.05) is 85.7 Å². The average molecular weight is 513 g/mol. The van der Waals surface area contributed by atoms with E-state index in [1.165, 1.54) is 0 Å². The van der Waals surface area contributed by atoms with Gasteiger partial charge in [-0.2, -0.15) is 0 Å². The molecule has 0 heterocycles. The largest absolute Gasteiger partial charge is 0.478 e. The fraction of sp³-hybridized carbons (Fsp3) is 0.581. The number of allylic oxidation sites excluding steroid dienone is 1. The quantitative estimate of drug-likeness (QED) is 0.266. The minimum Gasteiger partial charge on any atom is -0.478 e. The Balaban J connectivity index is 3.46. The molecule has 37 heavy (non-hydrogen) atoms. The van der Waals surface area contributed by atoms with Crippen LogP contribution in [0.5, 0.6) is 0 Å². The average Bonchev–Trinajstić information content (AvgIpc) is 2.82. The molecule has 0 aliphatic rings. The Morgan fingerprint density at radius 1 is 1.08 bits per heavy atom. The molecule has 0 aliphatic carbocycles. The van der Waals surface area contributed by atoms with Crippen molar-refractivity contribution >= 4 is 17.8 Å².